The van der Waals surface area contributed by atoms with E-state index in [1.165, 1.54) is 16.9 Å². The number of aromatic nitrogens is 3. The lowest BCUT2D eigenvalue weighted by Gasteiger charge is -2.06. The average Bonchev–Trinajstić information content (AvgIpc) is 3.20. The van der Waals surface area contributed by atoms with E-state index in [0.29, 0.717) is 17.6 Å². The molecule has 0 saturated heterocycles. The van der Waals surface area contributed by atoms with E-state index in [0.717, 1.165) is 17.0 Å². The molecule has 0 atom stereocenters. The van der Waals surface area contributed by atoms with E-state index in [1.807, 2.05) is 37.4 Å². The van der Waals surface area contributed by atoms with Crippen molar-refractivity contribution in [1.29, 1.82) is 0 Å². The molecule has 7 heteroatoms. The maximum atomic E-state index is 11.9. The first-order valence-electron chi connectivity index (χ1n) is 8.04. The van der Waals surface area contributed by atoms with Gasteiger partial charge in [0, 0.05) is 23.6 Å². The van der Waals surface area contributed by atoms with Gasteiger partial charge in [-0.2, -0.15) is 9.78 Å². The summed E-state index contributed by atoms with van der Waals surface area (Å²) in [4.78, 5) is 16.6. The number of carbonyl (C=O) groups excluding carboxylic acids is 1. The summed E-state index contributed by atoms with van der Waals surface area (Å²) in [6, 6.07) is 10.0. The Bertz CT molecular complexity index is 868. The van der Waals surface area contributed by atoms with Crippen molar-refractivity contribution in [2.45, 2.75) is 20.8 Å². The minimum atomic E-state index is -0.210. The van der Waals surface area contributed by atoms with Gasteiger partial charge in [0.15, 0.2) is 0 Å². The van der Waals surface area contributed by atoms with E-state index in [4.69, 9.17) is 4.74 Å². The summed E-state index contributed by atoms with van der Waals surface area (Å²) in [6.07, 6.45) is 0. The zero-order valence-electron chi connectivity index (χ0n) is 14.4. The highest BCUT2D eigenvalue weighted by molar-refractivity contribution is 7.12. The van der Waals surface area contributed by atoms with Crippen LogP contribution >= 0.6 is 11.3 Å². The van der Waals surface area contributed by atoms with Crippen molar-refractivity contribution < 1.29 is 9.53 Å². The number of nitrogens with one attached hydrogen (secondary N) is 1. The summed E-state index contributed by atoms with van der Waals surface area (Å²) in [5.74, 6) is 0.380. The Hall–Kier alpha value is -2.51. The number of hydrogen-bond donors (Lipinski definition) is 1. The van der Waals surface area contributed by atoms with Gasteiger partial charge in [-0.25, -0.2) is 4.98 Å². The first kappa shape index (κ1) is 17.3. The summed E-state index contributed by atoms with van der Waals surface area (Å²) >= 11 is 1.48. The van der Waals surface area contributed by atoms with Crippen molar-refractivity contribution in [2.75, 3.05) is 18.5 Å². The van der Waals surface area contributed by atoms with Gasteiger partial charge in [0.05, 0.1) is 11.4 Å². The molecule has 1 amide bonds. The number of ether oxygens (including phenoxy) is 1. The Morgan fingerprint density at radius 1 is 1.28 bits per heavy atom. The van der Waals surface area contributed by atoms with E-state index in [1.54, 1.807) is 4.68 Å². The standard InChI is InChI=1S/C18H20N4O2S/c1-4-24-10-17(23)20-16-9-13(3)21-22(16)18-19-15(11-25-18)14-7-5-12(2)6-8-14/h5-9,11H,4,10H2,1-3H3,(H,20,23). The second-order valence-corrected chi connectivity index (χ2v) is 6.49. The molecule has 3 aromatic rings. The number of benzene rings is 1. The van der Waals surface area contributed by atoms with E-state index in [9.17, 15) is 4.79 Å². The SMILES string of the molecule is CCOCC(=O)Nc1cc(C)nn1-c1nc(-c2ccc(C)cc2)cs1. The number of rotatable bonds is 6. The molecule has 0 aliphatic rings. The molecule has 1 aromatic carbocycles. The van der Waals surface area contributed by atoms with Gasteiger partial charge < -0.3 is 10.1 Å². The van der Waals surface area contributed by atoms with Gasteiger partial charge in [0.25, 0.3) is 5.91 Å². The summed E-state index contributed by atoms with van der Waals surface area (Å²) < 4.78 is 6.79. The van der Waals surface area contributed by atoms with Crippen molar-refractivity contribution >= 4 is 23.1 Å². The van der Waals surface area contributed by atoms with Crippen molar-refractivity contribution in [2.24, 2.45) is 0 Å². The number of carbonyl (C=O) groups is 1. The number of aryl methyl sites for hydroxylation is 2. The van der Waals surface area contributed by atoms with Crippen molar-refractivity contribution in [1.82, 2.24) is 14.8 Å². The molecule has 0 bridgehead atoms. The summed E-state index contributed by atoms with van der Waals surface area (Å²) in [5.41, 5.74) is 3.96. The molecule has 6 nitrogen and oxygen atoms in total. The van der Waals surface area contributed by atoms with Crippen LogP contribution in [0.1, 0.15) is 18.2 Å². The fraction of sp³-hybridized carbons (Fsp3) is 0.278. The van der Waals surface area contributed by atoms with Crippen LogP contribution in [0.3, 0.4) is 0 Å². The third kappa shape index (κ3) is 4.12. The van der Waals surface area contributed by atoms with Gasteiger partial charge in [0.1, 0.15) is 12.4 Å². The molecule has 3 rings (SSSR count). The highest BCUT2D eigenvalue weighted by atomic mass is 32.1. The molecule has 2 aromatic heterocycles. The molecule has 1 N–H and O–H groups in total. The minimum Gasteiger partial charge on any atom is -0.372 e. The average molecular weight is 356 g/mol. The second-order valence-electron chi connectivity index (χ2n) is 5.65. The summed E-state index contributed by atoms with van der Waals surface area (Å²) in [5, 5.41) is 9.96. The van der Waals surface area contributed by atoms with E-state index < -0.39 is 0 Å². The van der Waals surface area contributed by atoms with Crippen LogP contribution in [0, 0.1) is 13.8 Å². The highest BCUT2D eigenvalue weighted by Gasteiger charge is 2.14. The molecule has 0 aliphatic carbocycles. The monoisotopic (exact) mass is 356 g/mol. The number of amides is 1. The molecule has 0 spiro atoms. The predicted molar refractivity (Wildman–Crippen MR) is 99.3 cm³/mol. The van der Waals surface area contributed by atoms with Gasteiger partial charge in [-0.05, 0) is 20.8 Å². The molecule has 0 unspecified atom stereocenters. The van der Waals surface area contributed by atoms with Gasteiger partial charge in [0.2, 0.25) is 5.13 Å². The normalized spacial score (nSPS) is 10.8. The van der Waals surface area contributed by atoms with Crippen molar-refractivity contribution in [3.8, 4) is 16.4 Å². The fourth-order valence-corrected chi connectivity index (χ4v) is 3.12. The number of anilines is 1. The first-order valence-corrected chi connectivity index (χ1v) is 8.92. The summed E-state index contributed by atoms with van der Waals surface area (Å²) in [6.45, 7) is 6.30. The second kappa shape index (κ2) is 7.58. The Labute approximate surface area is 150 Å². The third-order valence-electron chi connectivity index (χ3n) is 3.56. The van der Waals surface area contributed by atoms with E-state index in [-0.39, 0.29) is 12.5 Å². The summed E-state index contributed by atoms with van der Waals surface area (Å²) in [7, 11) is 0. The van der Waals surface area contributed by atoms with Crippen LogP contribution in [0.25, 0.3) is 16.4 Å². The smallest absolute Gasteiger partial charge is 0.251 e. The molecule has 0 fully saturated rings. The van der Waals surface area contributed by atoms with Crippen LogP contribution in [0.2, 0.25) is 0 Å². The van der Waals surface area contributed by atoms with Gasteiger partial charge >= 0.3 is 0 Å². The Kier molecular flexibility index (Phi) is 5.25. The minimum absolute atomic E-state index is 0.0210. The van der Waals surface area contributed by atoms with Crippen LogP contribution in [-0.2, 0) is 9.53 Å². The zero-order chi connectivity index (χ0) is 17.8. The van der Waals surface area contributed by atoms with Crippen LogP contribution in [0.5, 0.6) is 0 Å². The fourth-order valence-electron chi connectivity index (χ4n) is 2.33. The molecule has 2 heterocycles. The molecular weight excluding hydrogens is 336 g/mol. The highest BCUT2D eigenvalue weighted by Crippen LogP contribution is 2.26. The predicted octanol–water partition coefficient (Wildman–Crippen LogP) is 3.59. The van der Waals surface area contributed by atoms with Crippen molar-refractivity contribution in [3.63, 3.8) is 0 Å². The van der Waals surface area contributed by atoms with Crippen LogP contribution in [0.15, 0.2) is 35.7 Å². The Morgan fingerprint density at radius 3 is 2.76 bits per heavy atom. The quantitative estimate of drug-likeness (QED) is 0.733. The lowest BCUT2D eigenvalue weighted by Crippen LogP contribution is -2.20. The number of thiazole rings is 1. The Balaban J connectivity index is 1.85. The van der Waals surface area contributed by atoms with Crippen LogP contribution in [0.4, 0.5) is 5.82 Å². The molecule has 25 heavy (non-hydrogen) atoms. The molecule has 130 valence electrons. The van der Waals surface area contributed by atoms with Crippen LogP contribution in [-0.4, -0.2) is 33.9 Å². The maximum Gasteiger partial charge on any atom is 0.251 e. The number of nitrogens with zero attached hydrogens (tertiary/aromatic N) is 3. The molecule has 0 saturated carbocycles. The van der Waals surface area contributed by atoms with Crippen molar-refractivity contribution in [3.05, 3.63) is 47.0 Å². The first-order chi connectivity index (χ1) is 12.1. The van der Waals surface area contributed by atoms with Gasteiger partial charge in [-0.1, -0.05) is 29.8 Å². The molecule has 0 aliphatic heterocycles. The van der Waals surface area contributed by atoms with E-state index in [2.05, 4.69) is 34.5 Å². The van der Waals surface area contributed by atoms with Gasteiger partial charge in [-0.3, -0.25) is 4.79 Å². The zero-order valence-corrected chi connectivity index (χ0v) is 15.3. The molecule has 0 radical (unpaired) electrons. The van der Waals surface area contributed by atoms with E-state index >= 15 is 0 Å². The maximum absolute atomic E-state index is 11.9. The van der Waals surface area contributed by atoms with Crippen LogP contribution < -0.4 is 5.32 Å². The lowest BCUT2D eigenvalue weighted by molar-refractivity contribution is -0.120. The third-order valence-corrected chi connectivity index (χ3v) is 4.37. The largest absolute Gasteiger partial charge is 0.372 e. The number of hydrogen-bond acceptors (Lipinski definition) is 5. The molecular formula is C18H20N4O2S. The Morgan fingerprint density at radius 2 is 2.04 bits per heavy atom. The lowest BCUT2D eigenvalue weighted by atomic mass is 10.1. The topological polar surface area (TPSA) is 69.0 Å². The van der Waals surface area contributed by atoms with Gasteiger partial charge in [-0.15, -0.1) is 11.3 Å².